The largest absolute Gasteiger partial charge is 0.494 e. The summed E-state index contributed by atoms with van der Waals surface area (Å²) in [4.78, 5) is 4.94. The molecule has 0 aliphatic heterocycles. The summed E-state index contributed by atoms with van der Waals surface area (Å²) in [6.07, 6.45) is 12.1. The highest BCUT2D eigenvalue weighted by Crippen LogP contribution is 2.36. The lowest BCUT2D eigenvalue weighted by Gasteiger charge is -2.25. The molecule has 0 bridgehead atoms. The number of anilines is 3. The fourth-order valence-electron chi connectivity index (χ4n) is 4.77. The molecule has 4 heteroatoms. The van der Waals surface area contributed by atoms with E-state index >= 15 is 0 Å². The van der Waals surface area contributed by atoms with Crippen LogP contribution in [0.15, 0.2) is 108 Å². The van der Waals surface area contributed by atoms with Crippen LogP contribution in [0.1, 0.15) is 56.6 Å². The van der Waals surface area contributed by atoms with Gasteiger partial charge in [-0.2, -0.15) is 0 Å². The molecule has 0 atom stereocenters. The normalized spacial score (nSPS) is 11.2. The Kier molecular flexibility index (Phi) is 10.3. The molecule has 0 radical (unpaired) electrons. The smallest absolute Gasteiger partial charge is 0.119 e. The lowest BCUT2D eigenvalue weighted by molar-refractivity contribution is 0.304. The predicted octanol–water partition coefficient (Wildman–Crippen LogP) is 11.9. The number of benzene rings is 3. The summed E-state index contributed by atoms with van der Waals surface area (Å²) in [6.45, 7) is 3.04. The van der Waals surface area contributed by atoms with Crippen LogP contribution in [0.3, 0.4) is 0 Å². The second-order valence-corrected chi connectivity index (χ2v) is 11.8. The third kappa shape index (κ3) is 7.53. The summed E-state index contributed by atoms with van der Waals surface area (Å²) in [6, 6.07) is 34.3. The standard InChI is InChI=1S/C36H37NOS2/c1-2-3-4-5-6-10-26-38-34-23-21-33(22-24-34)37(31-12-8-7-9-13-31)32-19-16-29(17-20-32)15-18-30-25-28-40-36(30)35-14-11-27-39-35/h7-9,11-25,27-28H,2-6,10,26H2,1H3/b18-15+. The number of para-hydroxylation sites is 1. The van der Waals surface area contributed by atoms with E-state index in [9.17, 15) is 0 Å². The highest BCUT2D eigenvalue weighted by Gasteiger charge is 2.12. The monoisotopic (exact) mass is 563 g/mol. The maximum atomic E-state index is 6.04. The Morgan fingerprint density at radius 2 is 1.32 bits per heavy atom. The van der Waals surface area contributed by atoms with E-state index in [1.165, 1.54) is 53.0 Å². The van der Waals surface area contributed by atoms with Gasteiger partial charge in [-0.3, -0.25) is 0 Å². The second-order valence-electron chi connectivity index (χ2n) is 9.89. The molecular weight excluding hydrogens is 527 g/mol. The predicted molar refractivity (Wildman–Crippen MR) is 177 cm³/mol. The van der Waals surface area contributed by atoms with E-state index in [-0.39, 0.29) is 0 Å². The Morgan fingerprint density at radius 1 is 0.625 bits per heavy atom. The van der Waals surface area contributed by atoms with Gasteiger partial charge in [-0.05, 0) is 89.0 Å². The van der Waals surface area contributed by atoms with Crippen molar-refractivity contribution in [2.45, 2.75) is 45.4 Å². The Balaban J connectivity index is 1.27. The summed E-state index contributed by atoms with van der Waals surface area (Å²) < 4.78 is 6.04. The molecule has 0 saturated carbocycles. The van der Waals surface area contributed by atoms with Crippen molar-refractivity contribution < 1.29 is 4.74 Å². The summed E-state index contributed by atoms with van der Waals surface area (Å²) in [5.41, 5.74) is 5.81. The van der Waals surface area contributed by atoms with Crippen LogP contribution in [0.25, 0.3) is 21.9 Å². The molecule has 2 heterocycles. The van der Waals surface area contributed by atoms with Crippen molar-refractivity contribution in [3.8, 4) is 15.5 Å². The molecule has 2 nitrogen and oxygen atoms in total. The molecule has 204 valence electrons. The van der Waals surface area contributed by atoms with Crippen molar-refractivity contribution in [2.75, 3.05) is 11.5 Å². The zero-order chi connectivity index (χ0) is 27.4. The van der Waals surface area contributed by atoms with Crippen molar-refractivity contribution in [2.24, 2.45) is 0 Å². The molecule has 0 amide bonds. The molecule has 0 aliphatic rings. The van der Waals surface area contributed by atoms with Gasteiger partial charge < -0.3 is 9.64 Å². The van der Waals surface area contributed by atoms with Crippen LogP contribution in [0.2, 0.25) is 0 Å². The zero-order valence-electron chi connectivity index (χ0n) is 23.2. The van der Waals surface area contributed by atoms with Gasteiger partial charge in [0.15, 0.2) is 0 Å². The maximum absolute atomic E-state index is 6.04. The summed E-state index contributed by atoms with van der Waals surface area (Å²) in [5.74, 6) is 0.932. The number of rotatable bonds is 14. The first-order chi connectivity index (χ1) is 19.8. The number of hydrogen-bond acceptors (Lipinski definition) is 4. The summed E-state index contributed by atoms with van der Waals surface area (Å²) >= 11 is 3.59. The first-order valence-electron chi connectivity index (χ1n) is 14.3. The van der Waals surface area contributed by atoms with Crippen LogP contribution in [0, 0.1) is 0 Å². The van der Waals surface area contributed by atoms with Crippen molar-refractivity contribution in [3.63, 3.8) is 0 Å². The van der Waals surface area contributed by atoms with Crippen molar-refractivity contribution in [3.05, 3.63) is 119 Å². The first kappa shape index (κ1) is 27.9. The number of unbranched alkanes of at least 4 members (excludes halogenated alkanes) is 5. The van der Waals surface area contributed by atoms with Crippen LogP contribution in [0.5, 0.6) is 5.75 Å². The van der Waals surface area contributed by atoms with E-state index in [1.807, 2.05) is 0 Å². The minimum atomic E-state index is 0.781. The van der Waals surface area contributed by atoms with Crippen molar-refractivity contribution in [1.29, 1.82) is 0 Å². The number of hydrogen-bond donors (Lipinski definition) is 0. The van der Waals surface area contributed by atoms with Crippen LogP contribution >= 0.6 is 22.7 Å². The SMILES string of the molecule is CCCCCCCCOc1ccc(N(c2ccccc2)c2ccc(/C=C/c3ccsc3-c3cccs3)cc2)cc1. The van der Waals surface area contributed by atoms with E-state index in [4.69, 9.17) is 4.74 Å². The van der Waals surface area contributed by atoms with Crippen LogP contribution in [-0.2, 0) is 0 Å². The van der Waals surface area contributed by atoms with Gasteiger partial charge in [-0.1, -0.05) is 87.6 Å². The molecule has 3 aromatic carbocycles. The van der Waals surface area contributed by atoms with Gasteiger partial charge in [-0.25, -0.2) is 0 Å². The number of ether oxygens (including phenoxy) is 1. The molecule has 40 heavy (non-hydrogen) atoms. The average molecular weight is 564 g/mol. The molecule has 0 unspecified atom stereocenters. The highest BCUT2D eigenvalue weighted by atomic mass is 32.1. The molecular formula is C36H37NOS2. The van der Waals surface area contributed by atoms with Gasteiger partial charge >= 0.3 is 0 Å². The summed E-state index contributed by atoms with van der Waals surface area (Å²) in [7, 11) is 0. The van der Waals surface area contributed by atoms with E-state index < -0.39 is 0 Å². The topological polar surface area (TPSA) is 12.5 Å². The van der Waals surface area contributed by atoms with Crippen molar-refractivity contribution >= 4 is 51.9 Å². The maximum Gasteiger partial charge on any atom is 0.119 e. The van der Waals surface area contributed by atoms with E-state index in [0.29, 0.717) is 0 Å². The highest BCUT2D eigenvalue weighted by molar-refractivity contribution is 7.20. The minimum absolute atomic E-state index is 0.781. The second kappa shape index (κ2) is 14.7. The van der Waals surface area contributed by atoms with Crippen LogP contribution in [0.4, 0.5) is 17.1 Å². The molecule has 5 aromatic rings. The fraction of sp³-hybridized carbons (Fsp3) is 0.222. The quantitative estimate of drug-likeness (QED) is 0.125. The zero-order valence-corrected chi connectivity index (χ0v) is 24.8. The Bertz CT molecular complexity index is 1440. The fourth-order valence-corrected chi connectivity index (χ4v) is 6.55. The van der Waals surface area contributed by atoms with Gasteiger partial charge in [-0.15, -0.1) is 22.7 Å². The minimum Gasteiger partial charge on any atom is -0.494 e. The van der Waals surface area contributed by atoms with E-state index in [1.54, 1.807) is 22.7 Å². The van der Waals surface area contributed by atoms with E-state index in [2.05, 4.69) is 132 Å². The molecule has 0 spiro atoms. The van der Waals surface area contributed by atoms with Gasteiger partial charge in [0.1, 0.15) is 5.75 Å². The molecule has 0 fully saturated rings. The average Bonchev–Trinajstić information content (AvgIpc) is 3.70. The van der Waals surface area contributed by atoms with E-state index in [0.717, 1.165) is 35.8 Å². The summed E-state index contributed by atoms with van der Waals surface area (Å²) in [5, 5.41) is 4.30. The third-order valence-corrected chi connectivity index (χ3v) is 8.90. The Labute approximate surface area is 247 Å². The number of nitrogens with zero attached hydrogens (tertiary/aromatic N) is 1. The third-order valence-electron chi connectivity index (χ3n) is 6.92. The molecule has 5 rings (SSSR count). The lowest BCUT2D eigenvalue weighted by Crippen LogP contribution is -2.09. The van der Waals surface area contributed by atoms with Gasteiger partial charge in [0, 0.05) is 21.9 Å². The molecule has 0 N–H and O–H groups in total. The first-order valence-corrected chi connectivity index (χ1v) is 16.1. The Hall–Kier alpha value is -3.60. The van der Waals surface area contributed by atoms with Gasteiger partial charge in [0.2, 0.25) is 0 Å². The van der Waals surface area contributed by atoms with Gasteiger partial charge in [0.25, 0.3) is 0 Å². The Morgan fingerprint density at radius 3 is 2.05 bits per heavy atom. The lowest BCUT2D eigenvalue weighted by atomic mass is 10.1. The van der Waals surface area contributed by atoms with Gasteiger partial charge in [0.05, 0.1) is 11.5 Å². The van der Waals surface area contributed by atoms with Crippen molar-refractivity contribution in [1.82, 2.24) is 0 Å². The van der Waals surface area contributed by atoms with Crippen LogP contribution < -0.4 is 9.64 Å². The molecule has 0 saturated heterocycles. The molecule has 0 aliphatic carbocycles. The van der Waals surface area contributed by atoms with Crippen LogP contribution in [-0.4, -0.2) is 6.61 Å². The molecule has 2 aromatic heterocycles. The number of thiophene rings is 2.